The predicted octanol–water partition coefficient (Wildman–Crippen LogP) is 5.05. The van der Waals surface area contributed by atoms with Crippen molar-refractivity contribution in [3.8, 4) is 11.5 Å². The molecule has 0 N–H and O–H groups in total. The van der Waals surface area contributed by atoms with E-state index in [2.05, 4.69) is 0 Å². The number of nitro benzene ring substituents is 1. The van der Waals surface area contributed by atoms with Crippen LogP contribution >= 0.6 is 11.6 Å². The molecule has 0 radical (unpaired) electrons. The second kappa shape index (κ2) is 8.33. The monoisotopic (exact) mass is 383 g/mol. The summed E-state index contributed by atoms with van der Waals surface area (Å²) in [7, 11) is 0. The molecule has 0 fully saturated rings. The van der Waals surface area contributed by atoms with Gasteiger partial charge in [0.2, 0.25) is 0 Å². The van der Waals surface area contributed by atoms with Crippen LogP contribution in [0.2, 0.25) is 5.02 Å². The van der Waals surface area contributed by atoms with E-state index in [0.717, 1.165) is 5.56 Å². The van der Waals surface area contributed by atoms with Crippen molar-refractivity contribution in [2.45, 2.75) is 6.61 Å². The SMILES string of the molecule is O=C(Oc1ccc([N+](=O)[O-])cc1)c1ccccc1OCc1ccc(Cl)cc1. The van der Waals surface area contributed by atoms with Gasteiger partial charge in [0.25, 0.3) is 5.69 Å². The van der Waals surface area contributed by atoms with Crippen molar-refractivity contribution < 1.29 is 19.2 Å². The first-order valence-corrected chi connectivity index (χ1v) is 8.33. The van der Waals surface area contributed by atoms with Crippen LogP contribution in [-0.2, 0) is 6.61 Å². The fraction of sp³-hybridized carbons (Fsp3) is 0.0500. The molecule has 0 bridgehead atoms. The predicted molar refractivity (Wildman–Crippen MR) is 100 cm³/mol. The van der Waals surface area contributed by atoms with E-state index in [1.54, 1.807) is 36.4 Å². The Hall–Kier alpha value is -3.38. The van der Waals surface area contributed by atoms with Gasteiger partial charge in [-0.05, 0) is 42.0 Å². The third-order valence-corrected chi connectivity index (χ3v) is 3.92. The summed E-state index contributed by atoms with van der Waals surface area (Å²) in [6, 6.07) is 19.2. The first-order valence-electron chi connectivity index (χ1n) is 7.96. The van der Waals surface area contributed by atoms with Gasteiger partial charge in [-0.3, -0.25) is 10.1 Å². The van der Waals surface area contributed by atoms with Crippen molar-refractivity contribution in [3.63, 3.8) is 0 Å². The molecule has 0 unspecified atom stereocenters. The van der Waals surface area contributed by atoms with Crippen molar-refractivity contribution in [1.82, 2.24) is 0 Å². The van der Waals surface area contributed by atoms with Crippen LogP contribution < -0.4 is 9.47 Å². The molecule has 0 amide bonds. The Morgan fingerprint density at radius 2 is 1.63 bits per heavy atom. The molecule has 3 aromatic carbocycles. The van der Waals surface area contributed by atoms with Crippen molar-refractivity contribution in [3.05, 3.63) is 99.1 Å². The quantitative estimate of drug-likeness (QED) is 0.257. The molecule has 27 heavy (non-hydrogen) atoms. The third-order valence-electron chi connectivity index (χ3n) is 3.67. The number of nitrogens with zero attached hydrogens (tertiary/aromatic N) is 1. The molecule has 0 heterocycles. The van der Waals surface area contributed by atoms with Gasteiger partial charge in [0.1, 0.15) is 23.7 Å². The zero-order valence-corrected chi connectivity index (χ0v) is 14.8. The van der Waals surface area contributed by atoms with Gasteiger partial charge in [-0.1, -0.05) is 35.9 Å². The van der Waals surface area contributed by atoms with Crippen molar-refractivity contribution in [2.24, 2.45) is 0 Å². The van der Waals surface area contributed by atoms with Gasteiger partial charge in [0.15, 0.2) is 0 Å². The number of para-hydroxylation sites is 1. The Morgan fingerprint density at radius 3 is 2.30 bits per heavy atom. The zero-order chi connectivity index (χ0) is 19.2. The number of benzene rings is 3. The summed E-state index contributed by atoms with van der Waals surface area (Å²) in [5.74, 6) is -0.0342. The number of rotatable bonds is 6. The van der Waals surface area contributed by atoms with E-state index in [0.29, 0.717) is 10.8 Å². The van der Waals surface area contributed by atoms with Crippen LogP contribution in [0.3, 0.4) is 0 Å². The lowest BCUT2D eigenvalue weighted by Crippen LogP contribution is -2.11. The smallest absolute Gasteiger partial charge is 0.347 e. The molecular formula is C20H14ClNO5. The number of carbonyl (C=O) groups is 1. The molecule has 7 heteroatoms. The van der Waals surface area contributed by atoms with Crippen LogP contribution in [0.4, 0.5) is 5.69 Å². The molecule has 0 aliphatic carbocycles. The third kappa shape index (κ3) is 4.83. The summed E-state index contributed by atoms with van der Waals surface area (Å²) >= 11 is 5.86. The van der Waals surface area contributed by atoms with Crippen molar-refractivity contribution in [1.29, 1.82) is 0 Å². The van der Waals surface area contributed by atoms with Gasteiger partial charge in [0.05, 0.1) is 4.92 Å². The average Bonchev–Trinajstić information content (AvgIpc) is 2.68. The molecule has 0 saturated carbocycles. The standard InChI is InChI=1S/C20H14ClNO5/c21-15-7-5-14(6-8-15)13-26-19-4-2-1-3-18(19)20(23)27-17-11-9-16(10-12-17)22(24)25/h1-12H,13H2. The lowest BCUT2D eigenvalue weighted by Gasteiger charge is -2.11. The molecule has 0 saturated heterocycles. The van der Waals surface area contributed by atoms with Gasteiger partial charge in [-0.25, -0.2) is 4.79 Å². The van der Waals surface area contributed by atoms with Crippen LogP contribution in [0, 0.1) is 10.1 Å². The normalized spacial score (nSPS) is 10.3. The minimum Gasteiger partial charge on any atom is -0.488 e. The summed E-state index contributed by atoms with van der Waals surface area (Å²) in [4.78, 5) is 22.6. The van der Waals surface area contributed by atoms with Crippen molar-refractivity contribution in [2.75, 3.05) is 0 Å². The highest BCUT2D eigenvalue weighted by Gasteiger charge is 2.15. The maximum atomic E-state index is 12.5. The van der Waals surface area contributed by atoms with Gasteiger partial charge >= 0.3 is 5.97 Å². The van der Waals surface area contributed by atoms with Gasteiger partial charge in [-0.2, -0.15) is 0 Å². The Morgan fingerprint density at radius 1 is 0.963 bits per heavy atom. The highest BCUT2D eigenvalue weighted by molar-refractivity contribution is 6.30. The summed E-state index contributed by atoms with van der Waals surface area (Å²) < 4.78 is 11.0. The number of ether oxygens (including phenoxy) is 2. The second-order valence-corrected chi connectivity index (χ2v) is 5.99. The van der Waals surface area contributed by atoms with Gasteiger partial charge in [-0.15, -0.1) is 0 Å². The van der Waals surface area contributed by atoms with E-state index in [9.17, 15) is 14.9 Å². The molecule has 136 valence electrons. The lowest BCUT2D eigenvalue weighted by atomic mass is 10.2. The molecule has 3 rings (SSSR count). The topological polar surface area (TPSA) is 78.7 Å². The Labute approximate surface area is 160 Å². The molecule has 6 nitrogen and oxygen atoms in total. The van der Waals surface area contributed by atoms with E-state index in [1.165, 1.54) is 24.3 Å². The summed E-state index contributed by atoms with van der Waals surface area (Å²) in [5.41, 5.74) is 1.07. The molecule has 0 aliphatic heterocycles. The number of hydrogen-bond acceptors (Lipinski definition) is 5. The van der Waals surface area contributed by atoms with E-state index in [4.69, 9.17) is 21.1 Å². The number of nitro groups is 1. The Balaban J connectivity index is 1.71. The highest BCUT2D eigenvalue weighted by atomic mass is 35.5. The fourth-order valence-corrected chi connectivity index (χ4v) is 2.43. The second-order valence-electron chi connectivity index (χ2n) is 5.55. The van der Waals surface area contributed by atoms with Crippen LogP contribution in [-0.4, -0.2) is 10.9 Å². The van der Waals surface area contributed by atoms with E-state index in [-0.39, 0.29) is 23.6 Å². The molecule has 3 aromatic rings. The van der Waals surface area contributed by atoms with Gasteiger partial charge < -0.3 is 9.47 Å². The minimum absolute atomic E-state index is 0.0819. The summed E-state index contributed by atoms with van der Waals surface area (Å²) in [6.45, 7) is 0.263. The minimum atomic E-state index is -0.615. The van der Waals surface area contributed by atoms with E-state index < -0.39 is 10.9 Å². The first kappa shape index (κ1) is 18.4. The van der Waals surface area contributed by atoms with Crippen LogP contribution in [0.5, 0.6) is 11.5 Å². The van der Waals surface area contributed by atoms with Crippen LogP contribution in [0.1, 0.15) is 15.9 Å². The number of hydrogen-bond donors (Lipinski definition) is 0. The fourth-order valence-electron chi connectivity index (χ4n) is 2.30. The largest absolute Gasteiger partial charge is 0.488 e. The van der Waals surface area contributed by atoms with Crippen LogP contribution in [0.15, 0.2) is 72.8 Å². The van der Waals surface area contributed by atoms with E-state index >= 15 is 0 Å². The lowest BCUT2D eigenvalue weighted by molar-refractivity contribution is -0.384. The number of esters is 1. The zero-order valence-electron chi connectivity index (χ0n) is 14.0. The molecule has 0 spiro atoms. The highest BCUT2D eigenvalue weighted by Crippen LogP contribution is 2.23. The van der Waals surface area contributed by atoms with Crippen molar-refractivity contribution >= 4 is 23.3 Å². The average molecular weight is 384 g/mol. The summed E-state index contributed by atoms with van der Waals surface area (Å²) in [6.07, 6.45) is 0. The number of carbonyl (C=O) groups excluding carboxylic acids is 1. The van der Waals surface area contributed by atoms with Gasteiger partial charge in [0, 0.05) is 17.2 Å². The molecule has 0 atom stereocenters. The Kier molecular flexibility index (Phi) is 5.68. The first-order chi connectivity index (χ1) is 13.0. The van der Waals surface area contributed by atoms with Crippen LogP contribution in [0.25, 0.3) is 0 Å². The maximum absolute atomic E-state index is 12.5. The Bertz CT molecular complexity index is 955. The number of non-ortho nitro benzene ring substituents is 1. The molecule has 0 aromatic heterocycles. The van der Waals surface area contributed by atoms with E-state index in [1.807, 2.05) is 12.1 Å². The molecular weight excluding hydrogens is 370 g/mol. The number of halogens is 1. The molecule has 0 aliphatic rings. The summed E-state index contributed by atoms with van der Waals surface area (Å²) in [5, 5.41) is 11.3. The maximum Gasteiger partial charge on any atom is 0.347 e.